The van der Waals surface area contributed by atoms with E-state index in [-0.39, 0.29) is 0 Å². The predicted octanol–water partition coefficient (Wildman–Crippen LogP) is 2.25. The molecular weight excluding hydrogens is 228 g/mol. The Morgan fingerprint density at radius 1 is 1.56 bits per heavy atom. The van der Waals surface area contributed by atoms with Gasteiger partial charge in [0.1, 0.15) is 0 Å². The van der Waals surface area contributed by atoms with E-state index in [1.54, 1.807) is 13.0 Å². The van der Waals surface area contributed by atoms with Crippen LogP contribution in [0.15, 0.2) is 24.3 Å². The minimum Gasteiger partial charge on any atom is -0.481 e. The van der Waals surface area contributed by atoms with Crippen LogP contribution in [0.1, 0.15) is 25.3 Å². The lowest BCUT2D eigenvalue weighted by Crippen LogP contribution is -2.46. The normalized spacial score (nSPS) is 23.4. The van der Waals surface area contributed by atoms with Crippen LogP contribution in [-0.4, -0.2) is 24.2 Å². The van der Waals surface area contributed by atoms with Crippen LogP contribution in [0.4, 0.5) is 5.69 Å². The molecule has 1 fully saturated rings. The number of hydrogen-bond donors (Lipinski definition) is 1. The first kappa shape index (κ1) is 12.4. The topological polar surface area (TPSA) is 64.3 Å². The maximum absolute atomic E-state index is 11.3. The fourth-order valence-electron chi connectivity index (χ4n) is 2.41. The fraction of sp³-hybridized carbons (Fsp3) is 0.429. The van der Waals surface area contributed by atoms with Crippen molar-refractivity contribution in [1.82, 2.24) is 0 Å². The number of nitrogens with zero attached hydrogens (tertiary/aromatic N) is 2. The smallest absolute Gasteiger partial charge is 0.311 e. The van der Waals surface area contributed by atoms with Gasteiger partial charge in [-0.15, -0.1) is 0 Å². The van der Waals surface area contributed by atoms with Gasteiger partial charge in [0.2, 0.25) is 0 Å². The van der Waals surface area contributed by atoms with E-state index in [9.17, 15) is 9.90 Å². The van der Waals surface area contributed by atoms with Crippen LogP contribution in [-0.2, 0) is 4.79 Å². The molecule has 0 bridgehead atoms. The molecule has 4 nitrogen and oxygen atoms in total. The Kier molecular flexibility index (Phi) is 3.24. The van der Waals surface area contributed by atoms with Gasteiger partial charge in [0, 0.05) is 18.8 Å². The average molecular weight is 244 g/mol. The Labute approximate surface area is 106 Å². The molecule has 1 aromatic carbocycles. The number of piperidine rings is 1. The number of rotatable bonds is 2. The zero-order valence-corrected chi connectivity index (χ0v) is 10.4. The van der Waals surface area contributed by atoms with Crippen LogP contribution in [0.2, 0.25) is 0 Å². The van der Waals surface area contributed by atoms with E-state index in [2.05, 4.69) is 11.0 Å². The summed E-state index contributed by atoms with van der Waals surface area (Å²) in [6.45, 7) is 3.13. The van der Waals surface area contributed by atoms with Crippen molar-refractivity contribution >= 4 is 11.7 Å². The lowest BCUT2D eigenvalue weighted by Gasteiger charge is -2.38. The van der Waals surface area contributed by atoms with Crippen LogP contribution >= 0.6 is 0 Å². The van der Waals surface area contributed by atoms with Gasteiger partial charge in [-0.2, -0.15) is 5.26 Å². The minimum absolute atomic E-state index is 0.497. The summed E-state index contributed by atoms with van der Waals surface area (Å²) in [5.41, 5.74) is 0.845. The van der Waals surface area contributed by atoms with Gasteiger partial charge >= 0.3 is 5.97 Å². The molecule has 0 amide bonds. The highest BCUT2D eigenvalue weighted by molar-refractivity contribution is 5.75. The summed E-state index contributed by atoms with van der Waals surface area (Å²) in [5, 5.41) is 18.2. The van der Waals surface area contributed by atoms with Crippen molar-refractivity contribution in [3.8, 4) is 6.07 Å². The van der Waals surface area contributed by atoms with Crippen LogP contribution in [0, 0.1) is 16.7 Å². The van der Waals surface area contributed by atoms with Crippen molar-refractivity contribution in [2.45, 2.75) is 19.8 Å². The summed E-state index contributed by atoms with van der Waals surface area (Å²) in [5.74, 6) is -0.747. The van der Waals surface area contributed by atoms with Gasteiger partial charge in [0.15, 0.2) is 0 Å². The van der Waals surface area contributed by atoms with Gasteiger partial charge < -0.3 is 10.0 Å². The molecule has 1 saturated heterocycles. The quantitative estimate of drug-likeness (QED) is 0.866. The number of nitriles is 1. The monoisotopic (exact) mass is 244 g/mol. The molecule has 1 aliphatic rings. The number of aliphatic carboxylic acids is 1. The summed E-state index contributed by atoms with van der Waals surface area (Å²) in [6.07, 6.45) is 1.57. The third kappa shape index (κ3) is 2.30. The van der Waals surface area contributed by atoms with Gasteiger partial charge in [-0.3, -0.25) is 4.79 Å². The SMILES string of the molecule is CC1(C(=O)O)CCCN(c2cccc(C#N)c2)C1. The summed E-state index contributed by atoms with van der Waals surface area (Å²) < 4.78 is 0. The standard InChI is InChI=1S/C14H16N2O2/c1-14(13(17)18)6-3-7-16(10-14)12-5-2-4-11(8-12)9-15/h2,4-5,8H,3,6-7,10H2,1H3,(H,17,18). The van der Waals surface area contributed by atoms with Crippen molar-refractivity contribution in [1.29, 1.82) is 5.26 Å². The molecule has 1 aromatic rings. The molecule has 94 valence electrons. The number of anilines is 1. The van der Waals surface area contributed by atoms with Gasteiger partial charge in [-0.05, 0) is 38.0 Å². The van der Waals surface area contributed by atoms with Crippen LogP contribution in [0.5, 0.6) is 0 Å². The highest BCUT2D eigenvalue weighted by Crippen LogP contribution is 2.32. The molecule has 1 N–H and O–H groups in total. The molecule has 1 aliphatic heterocycles. The molecule has 2 rings (SSSR count). The van der Waals surface area contributed by atoms with Crippen molar-refractivity contribution in [2.24, 2.45) is 5.41 Å². The third-order valence-electron chi connectivity index (χ3n) is 3.55. The molecule has 1 unspecified atom stereocenters. The number of carboxylic acids is 1. The lowest BCUT2D eigenvalue weighted by molar-refractivity contribution is -0.148. The Bertz CT molecular complexity index is 507. The third-order valence-corrected chi connectivity index (χ3v) is 3.55. The summed E-state index contributed by atoms with van der Waals surface area (Å²) >= 11 is 0. The molecule has 0 saturated carbocycles. The zero-order valence-electron chi connectivity index (χ0n) is 10.4. The first-order chi connectivity index (χ1) is 8.55. The van der Waals surface area contributed by atoms with Crippen LogP contribution in [0.3, 0.4) is 0 Å². The molecule has 18 heavy (non-hydrogen) atoms. The molecule has 1 heterocycles. The summed E-state index contributed by atoms with van der Waals surface area (Å²) in [7, 11) is 0. The van der Waals surface area contributed by atoms with Gasteiger partial charge in [-0.25, -0.2) is 0 Å². The maximum atomic E-state index is 11.3. The van der Waals surface area contributed by atoms with E-state index >= 15 is 0 Å². The molecule has 0 aliphatic carbocycles. The number of carbonyl (C=O) groups is 1. The van der Waals surface area contributed by atoms with E-state index in [0.717, 1.165) is 18.7 Å². The summed E-state index contributed by atoms with van der Waals surface area (Å²) in [6, 6.07) is 9.43. The van der Waals surface area contributed by atoms with Crippen molar-refractivity contribution < 1.29 is 9.90 Å². The molecule has 0 spiro atoms. The molecule has 0 radical (unpaired) electrons. The van der Waals surface area contributed by atoms with Crippen LogP contribution < -0.4 is 4.90 Å². The van der Waals surface area contributed by atoms with Crippen molar-refractivity contribution in [2.75, 3.05) is 18.0 Å². The molecular formula is C14H16N2O2. The highest BCUT2D eigenvalue weighted by Gasteiger charge is 2.37. The molecule has 0 aromatic heterocycles. The Balaban J connectivity index is 2.23. The minimum atomic E-state index is -0.747. The first-order valence-corrected chi connectivity index (χ1v) is 6.04. The van der Waals surface area contributed by atoms with Gasteiger partial charge in [-0.1, -0.05) is 6.07 Å². The van der Waals surface area contributed by atoms with E-state index in [1.165, 1.54) is 0 Å². The van der Waals surface area contributed by atoms with Gasteiger partial charge in [0.05, 0.1) is 17.0 Å². The zero-order chi connectivity index (χ0) is 13.2. The lowest BCUT2D eigenvalue weighted by atomic mass is 9.82. The first-order valence-electron chi connectivity index (χ1n) is 6.04. The van der Waals surface area contributed by atoms with Crippen LogP contribution in [0.25, 0.3) is 0 Å². The van der Waals surface area contributed by atoms with Gasteiger partial charge in [0.25, 0.3) is 0 Å². The maximum Gasteiger partial charge on any atom is 0.311 e. The number of hydrogen-bond acceptors (Lipinski definition) is 3. The predicted molar refractivity (Wildman–Crippen MR) is 68.3 cm³/mol. The second-order valence-corrected chi connectivity index (χ2v) is 5.05. The highest BCUT2D eigenvalue weighted by atomic mass is 16.4. The Hall–Kier alpha value is -2.02. The number of benzene rings is 1. The summed E-state index contributed by atoms with van der Waals surface area (Å²) in [4.78, 5) is 13.4. The molecule has 1 atom stereocenters. The van der Waals surface area contributed by atoms with Crippen molar-refractivity contribution in [3.05, 3.63) is 29.8 Å². The Morgan fingerprint density at radius 2 is 2.33 bits per heavy atom. The van der Waals surface area contributed by atoms with E-state index in [0.29, 0.717) is 18.5 Å². The van der Waals surface area contributed by atoms with E-state index in [1.807, 2.05) is 18.2 Å². The Morgan fingerprint density at radius 3 is 3.00 bits per heavy atom. The van der Waals surface area contributed by atoms with Crippen molar-refractivity contribution in [3.63, 3.8) is 0 Å². The second kappa shape index (κ2) is 4.69. The fourth-order valence-corrected chi connectivity index (χ4v) is 2.41. The van der Waals surface area contributed by atoms with E-state index in [4.69, 9.17) is 5.26 Å². The number of carboxylic acid groups (broad SMARTS) is 1. The molecule has 4 heteroatoms. The largest absolute Gasteiger partial charge is 0.481 e. The van der Waals surface area contributed by atoms with E-state index < -0.39 is 11.4 Å². The second-order valence-electron chi connectivity index (χ2n) is 5.05. The average Bonchev–Trinajstić information content (AvgIpc) is 2.39.